The third-order valence-corrected chi connectivity index (χ3v) is 6.92. The van der Waals surface area contributed by atoms with Gasteiger partial charge in [-0.05, 0) is 44.1 Å². The van der Waals surface area contributed by atoms with E-state index in [-0.39, 0.29) is 22.4 Å². The van der Waals surface area contributed by atoms with E-state index in [0.717, 1.165) is 97.6 Å². The van der Waals surface area contributed by atoms with Gasteiger partial charge in [-0.25, -0.2) is 0 Å². The molecule has 8 N–H and O–H groups in total. The SMILES string of the molecule is C=C(CCCC(=O)NC12CCCCNCC(N)(CNCCNC1)CNCCNC2)C(C)(C)C. The van der Waals surface area contributed by atoms with Gasteiger partial charge in [-0.15, -0.1) is 0 Å². The predicted molar refractivity (Wildman–Crippen MR) is 138 cm³/mol. The lowest BCUT2D eigenvalue weighted by molar-refractivity contribution is -0.123. The Morgan fingerprint density at radius 3 is 1.91 bits per heavy atom. The Labute approximate surface area is 202 Å². The van der Waals surface area contributed by atoms with E-state index in [1.807, 2.05) is 0 Å². The Kier molecular flexibility index (Phi) is 11.8. The molecular weight excluding hydrogens is 414 g/mol. The maximum absolute atomic E-state index is 13.0. The van der Waals surface area contributed by atoms with E-state index in [1.165, 1.54) is 5.57 Å². The lowest BCUT2D eigenvalue weighted by atomic mass is 9.84. The molecule has 3 rings (SSSR count). The van der Waals surface area contributed by atoms with Gasteiger partial charge in [0.25, 0.3) is 0 Å². The highest BCUT2D eigenvalue weighted by Crippen LogP contribution is 2.27. The molecule has 0 radical (unpaired) electrons. The summed E-state index contributed by atoms with van der Waals surface area (Å²) in [6, 6.07) is 0. The van der Waals surface area contributed by atoms with Crippen LogP contribution < -0.4 is 37.6 Å². The first kappa shape index (κ1) is 28.2. The highest BCUT2D eigenvalue weighted by Gasteiger charge is 2.32. The molecule has 2 bridgehead atoms. The second-order valence-electron chi connectivity index (χ2n) is 11.2. The van der Waals surface area contributed by atoms with Crippen LogP contribution in [0.3, 0.4) is 0 Å². The van der Waals surface area contributed by atoms with Gasteiger partial charge in [-0.2, -0.15) is 0 Å². The number of carbonyl (C=O) groups is 1. The molecule has 3 fully saturated rings. The molecule has 3 aliphatic rings. The fourth-order valence-electron chi connectivity index (χ4n) is 4.51. The summed E-state index contributed by atoms with van der Waals surface area (Å²) < 4.78 is 0. The standard InChI is InChI=1S/C25H51N7O/c1-21(23(2,3)4)8-7-9-22(33)32-25-10-5-6-11-27-16-24(26,17-28-12-14-30-19-25)18-29-13-15-31-20-25/h27-31H,1,5-20,26H2,2-4H3,(H,32,33). The van der Waals surface area contributed by atoms with Crippen LogP contribution in [0.1, 0.15) is 59.3 Å². The summed E-state index contributed by atoms with van der Waals surface area (Å²) >= 11 is 0. The summed E-state index contributed by atoms with van der Waals surface area (Å²) in [7, 11) is 0. The summed E-state index contributed by atoms with van der Waals surface area (Å²) in [5, 5.41) is 21.2. The van der Waals surface area contributed by atoms with Crippen LogP contribution in [0.25, 0.3) is 0 Å². The average molecular weight is 466 g/mol. The average Bonchev–Trinajstić information content (AvgIpc) is 2.74. The highest BCUT2D eigenvalue weighted by atomic mass is 16.1. The van der Waals surface area contributed by atoms with E-state index < -0.39 is 0 Å². The van der Waals surface area contributed by atoms with Crippen molar-refractivity contribution >= 4 is 5.91 Å². The van der Waals surface area contributed by atoms with E-state index in [9.17, 15) is 4.79 Å². The third-order valence-electron chi connectivity index (χ3n) is 6.92. The number of rotatable bonds is 5. The Hall–Kier alpha value is -1.03. The normalized spacial score (nSPS) is 29.1. The summed E-state index contributed by atoms with van der Waals surface area (Å²) in [6.07, 6.45) is 5.36. The summed E-state index contributed by atoms with van der Waals surface area (Å²) in [5.74, 6) is 0.143. The smallest absolute Gasteiger partial charge is 0.220 e. The first-order valence-corrected chi connectivity index (χ1v) is 13.0. The van der Waals surface area contributed by atoms with Crippen LogP contribution in [0.2, 0.25) is 0 Å². The molecule has 0 aromatic heterocycles. The van der Waals surface area contributed by atoms with E-state index in [0.29, 0.717) is 6.42 Å². The first-order chi connectivity index (χ1) is 15.6. The van der Waals surface area contributed by atoms with Crippen LogP contribution in [0, 0.1) is 5.41 Å². The minimum absolute atomic E-state index is 0.0961. The van der Waals surface area contributed by atoms with Gasteiger partial charge in [-0.1, -0.05) is 32.9 Å². The molecule has 0 spiro atoms. The molecule has 0 saturated carbocycles. The van der Waals surface area contributed by atoms with Crippen LogP contribution >= 0.6 is 0 Å². The summed E-state index contributed by atoms with van der Waals surface area (Å²) in [5.41, 5.74) is 7.39. The minimum atomic E-state index is -0.301. The number of nitrogens with one attached hydrogen (secondary N) is 6. The summed E-state index contributed by atoms with van der Waals surface area (Å²) in [6.45, 7) is 18.9. The van der Waals surface area contributed by atoms with Gasteiger partial charge in [0.1, 0.15) is 0 Å². The molecule has 3 aliphatic heterocycles. The number of amides is 1. The van der Waals surface area contributed by atoms with Gasteiger partial charge >= 0.3 is 0 Å². The maximum atomic E-state index is 13.0. The van der Waals surface area contributed by atoms with Crippen molar-refractivity contribution in [2.24, 2.45) is 11.1 Å². The zero-order valence-electron chi connectivity index (χ0n) is 21.5. The van der Waals surface area contributed by atoms with E-state index >= 15 is 0 Å². The van der Waals surface area contributed by atoms with Gasteiger partial charge in [0.15, 0.2) is 0 Å². The predicted octanol–water partition coefficient (Wildman–Crippen LogP) is 0.457. The Morgan fingerprint density at radius 1 is 0.848 bits per heavy atom. The molecule has 0 aromatic rings. The van der Waals surface area contributed by atoms with Crippen molar-refractivity contribution in [3.63, 3.8) is 0 Å². The monoisotopic (exact) mass is 465 g/mol. The van der Waals surface area contributed by atoms with Crippen molar-refractivity contribution in [2.75, 3.05) is 65.4 Å². The quantitative estimate of drug-likeness (QED) is 0.295. The molecule has 0 unspecified atom stereocenters. The molecule has 3 saturated heterocycles. The van der Waals surface area contributed by atoms with Crippen molar-refractivity contribution in [1.29, 1.82) is 0 Å². The topological polar surface area (TPSA) is 115 Å². The number of allylic oxidation sites excluding steroid dienone is 1. The number of fused-ring (bicyclic) bond motifs is 15. The van der Waals surface area contributed by atoms with Gasteiger partial charge in [0.2, 0.25) is 5.91 Å². The number of nitrogens with two attached hydrogens (primary N) is 1. The molecule has 0 aromatic carbocycles. The zero-order chi connectivity index (χ0) is 24.2. The van der Waals surface area contributed by atoms with Crippen LogP contribution in [0.15, 0.2) is 12.2 Å². The Morgan fingerprint density at radius 2 is 1.36 bits per heavy atom. The van der Waals surface area contributed by atoms with E-state index in [2.05, 4.69) is 59.3 Å². The fourth-order valence-corrected chi connectivity index (χ4v) is 4.51. The zero-order valence-corrected chi connectivity index (χ0v) is 21.5. The highest BCUT2D eigenvalue weighted by molar-refractivity contribution is 5.76. The van der Waals surface area contributed by atoms with Crippen LogP contribution in [-0.4, -0.2) is 82.4 Å². The molecule has 1 amide bonds. The van der Waals surface area contributed by atoms with Gasteiger partial charge in [0, 0.05) is 65.3 Å². The van der Waals surface area contributed by atoms with Crippen molar-refractivity contribution in [1.82, 2.24) is 31.9 Å². The number of hydrogen-bond acceptors (Lipinski definition) is 7. The van der Waals surface area contributed by atoms with Crippen molar-refractivity contribution in [2.45, 2.75) is 70.4 Å². The summed E-state index contributed by atoms with van der Waals surface area (Å²) in [4.78, 5) is 13.0. The van der Waals surface area contributed by atoms with E-state index in [1.54, 1.807) is 0 Å². The van der Waals surface area contributed by atoms with Gasteiger partial charge < -0.3 is 37.6 Å². The molecule has 8 heteroatoms. The van der Waals surface area contributed by atoms with Crippen molar-refractivity contribution in [3.05, 3.63) is 12.2 Å². The first-order valence-electron chi connectivity index (χ1n) is 13.0. The van der Waals surface area contributed by atoms with Crippen LogP contribution in [0.4, 0.5) is 0 Å². The lowest BCUT2D eigenvalue weighted by Gasteiger charge is -2.37. The number of hydrogen-bond donors (Lipinski definition) is 7. The van der Waals surface area contributed by atoms with E-state index in [4.69, 9.17) is 5.73 Å². The van der Waals surface area contributed by atoms with Gasteiger partial charge in [0.05, 0.1) is 11.1 Å². The Balaban J connectivity index is 2.03. The maximum Gasteiger partial charge on any atom is 0.220 e. The molecule has 3 heterocycles. The van der Waals surface area contributed by atoms with Gasteiger partial charge in [-0.3, -0.25) is 4.79 Å². The number of carbonyl (C=O) groups excluding carboxylic acids is 1. The molecule has 192 valence electrons. The van der Waals surface area contributed by atoms with Crippen molar-refractivity contribution in [3.8, 4) is 0 Å². The minimum Gasteiger partial charge on any atom is -0.348 e. The van der Waals surface area contributed by atoms with Crippen molar-refractivity contribution < 1.29 is 4.79 Å². The molecular formula is C25H51N7O. The largest absolute Gasteiger partial charge is 0.348 e. The molecule has 0 aliphatic carbocycles. The fraction of sp³-hybridized carbons (Fsp3) is 0.880. The lowest BCUT2D eigenvalue weighted by Crippen LogP contribution is -2.63. The second kappa shape index (κ2) is 13.8. The van der Waals surface area contributed by atoms with Crippen LogP contribution in [-0.2, 0) is 4.79 Å². The Bertz CT molecular complexity index is 559. The second-order valence-corrected chi connectivity index (χ2v) is 11.2. The van der Waals surface area contributed by atoms with Crippen LogP contribution in [0.5, 0.6) is 0 Å². The molecule has 8 nitrogen and oxygen atoms in total. The third kappa shape index (κ3) is 10.8. The molecule has 0 atom stereocenters. The molecule has 33 heavy (non-hydrogen) atoms.